The monoisotopic (exact) mass is 1750 g/mol. The van der Waals surface area contributed by atoms with Crippen LogP contribution in [-0.4, -0.2) is 163 Å². The van der Waals surface area contributed by atoms with E-state index in [2.05, 4.69) is 136 Å². The van der Waals surface area contributed by atoms with Crippen molar-refractivity contribution < 1.29 is 52.4 Å². The SMILES string of the molecule is C.Cc1[nH]nc(C(=O)Nc2cnc3[nH]c(-c4ccn(C)n4)cc3c2)c1C.Cc1[nH]nc(C(=O)O)c1C.Cn1ccc(-c2cc3cc(N)cnc3[nH]2)n1.Cn1ccc(-c2cc3cc([N+](=O)[O-])cnc3[nH]2)n1.Cn1ccc(C#Cc2cc([N+](=O)[O-])cnc2N)n1.Cn1ccc(C#Cc2cc([N+](=O)[O-])cnc2NC(=O)C(F)(F)F)n1.Nc1ncc([N+](=O)[O-])cc1Br. The minimum Gasteiger partial charge on any atom is -0.476 e. The topological polar surface area (TPSA) is 617 Å². The number of carboxylic acid groups (broad SMARTS) is 1. The number of pyridine rings is 6. The van der Waals surface area contributed by atoms with Crippen molar-refractivity contribution in [3.63, 3.8) is 0 Å². The van der Waals surface area contributed by atoms with Crippen molar-refractivity contribution in [2.45, 2.75) is 41.3 Å². The highest BCUT2D eigenvalue weighted by atomic mass is 79.9. The van der Waals surface area contributed by atoms with Gasteiger partial charge in [-0.05, 0) is 116 Å². The van der Waals surface area contributed by atoms with Crippen LogP contribution in [0.2, 0.25) is 0 Å². The lowest BCUT2D eigenvalue weighted by Gasteiger charge is -2.08. The highest BCUT2D eigenvalue weighted by Gasteiger charge is 2.39. The predicted octanol–water partition coefficient (Wildman–Crippen LogP) is 11.0. The second-order valence-electron chi connectivity index (χ2n) is 25.6. The molecule has 0 aromatic carbocycles. The third kappa shape index (κ3) is 23.8. The van der Waals surface area contributed by atoms with Crippen LogP contribution in [0.5, 0.6) is 0 Å². The third-order valence-corrected chi connectivity index (χ3v) is 17.2. The molecular weight excluding hydrogens is 1680 g/mol. The van der Waals surface area contributed by atoms with Gasteiger partial charge < -0.3 is 47.9 Å². The van der Waals surface area contributed by atoms with Gasteiger partial charge in [0, 0.05) is 129 Å². The molecule has 48 heteroatoms. The summed E-state index contributed by atoms with van der Waals surface area (Å²) in [7, 11) is 9.00. The number of nitrogens with two attached hydrogens (primary N) is 3. The first-order chi connectivity index (χ1) is 57.8. The largest absolute Gasteiger partial charge is 0.476 e. The maximum Gasteiger partial charge on any atom is 0.471 e. The van der Waals surface area contributed by atoms with E-state index < -0.39 is 49.3 Å². The first kappa shape index (κ1) is 89.7. The molecule has 0 saturated heterocycles. The Hall–Kier alpha value is -17.2. The number of nitrogens with zero attached hydrogens (tertiary/aromatic N) is 22. The number of fused-ring (bicyclic) bond motifs is 3. The van der Waals surface area contributed by atoms with Gasteiger partial charge in [0.2, 0.25) is 0 Å². The zero-order chi connectivity index (χ0) is 88.6. The van der Waals surface area contributed by atoms with E-state index in [1.807, 2.05) is 96.0 Å². The zero-order valence-corrected chi connectivity index (χ0v) is 66.5. The van der Waals surface area contributed by atoms with Gasteiger partial charge in [0.1, 0.15) is 87.7 Å². The van der Waals surface area contributed by atoms with Crippen molar-refractivity contribution in [2.75, 3.05) is 27.8 Å². The molecule has 123 heavy (non-hydrogen) atoms. The molecule has 0 unspecified atom stereocenters. The van der Waals surface area contributed by atoms with E-state index in [1.165, 1.54) is 40.5 Å². The molecule has 0 spiro atoms. The number of nitro groups is 4. The summed E-state index contributed by atoms with van der Waals surface area (Å²) in [6, 6.07) is 23.5. The fourth-order valence-electron chi connectivity index (χ4n) is 10.3. The highest BCUT2D eigenvalue weighted by molar-refractivity contribution is 9.10. The molecule has 16 heterocycles. The molecule has 0 aliphatic heterocycles. The molecule has 0 saturated carbocycles. The van der Waals surface area contributed by atoms with Crippen LogP contribution in [0.1, 0.15) is 73.4 Å². The van der Waals surface area contributed by atoms with Crippen LogP contribution in [-0.2, 0) is 40.0 Å². The van der Waals surface area contributed by atoms with Gasteiger partial charge in [0.05, 0.1) is 76.1 Å². The van der Waals surface area contributed by atoms with Crippen molar-refractivity contribution in [2.24, 2.45) is 35.2 Å². The summed E-state index contributed by atoms with van der Waals surface area (Å²) in [5.74, 6) is 6.79. The normalized spacial score (nSPS) is 10.4. The molecule has 0 atom stereocenters. The number of nitrogen functional groups attached to an aromatic ring is 3. The van der Waals surface area contributed by atoms with Crippen molar-refractivity contribution in [1.29, 1.82) is 0 Å². The molecule has 16 aromatic rings. The lowest BCUT2D eigenvalue weighted by atomic mass is 10.2. The number of amides is 2. The van der Waals surface area contributed by atoms with Crippen molar-refractivity contribution in [1.82, 2.24) is 114 Å². The molecular formula is C75H70BrF3N32O12. The van der Waals surface area contributed by atoms with Crippen LogP contribution in [0.15, 0.2) is 158 Å². The number of aromatic nitrogens is 23. The third-order valence-electron chi connectivity index (χ3n) is 16.6. The summed E-state index contributed by atoms with van der Waals surface area (Å²) in [6.07, 6.45) is 11.2. The number of rotatable bonds is 11. The van der Waals surface area contributed by atoms with Gasteiger partial charge in [0.15, 0.2) is 11.4 Å². The van der Waals surface area contributed by atoms with E-state index in [1.54, 1.807) is 83.6 Å². The number of anilines is 5. The Labute approximate surface area is 698 Å². The maximum atomic E-state index is 12.4. The van der Waals surface area contributed by atoms with E-state index >= 15 is 0 Å². The van der Waals surface area contributed by atoms with Crippen molar-refractivity contribution >= 4 is 118 Å². The molecule has 2 amide bonds. The number of aryl methyl sites for hydroxylation is 7. The summed E-state index contributed by atoms with van der Waals surface area (Å²) in [4.78, 5) is 107. The van der Waals surface area contributed by atoms with E-state index in [4.69, 9.17) is 22.3 Å². The standard InChI is InChI=1S/C17H17N7O.C13H8F3N5O3.2C11H9N5O2.C11H11N5.C6H8N2O2.C5H4BrN3O2.CH4/c1-9-10(2)21-22-15(9)17(25)19-12-6-11-7-14(20-16(11)18-8-12)13-4-5-24(3)23-13;1-20-5-4-9(19-20)3-2-8-6-10(21(23)24)7-17-11(8)18-12(22)13(14,15)16;1-15-3-2-9(14-15)10-5-7-4-8(16(17)18)6-12-11(7)13-10;1-15-5-4-9(14-15)3-2-8-6-10(16(17)18)7-13-11(8)12;1-16-3-2-9(15-16)10-5-7-4-8(12)6-13-11(7)14-10;1-3-4(2)7-8-5(3)6(9)10;6-4-1-3(9(10)11)2-8-5(4)7;/h4-8H,1-3H3,(H,18,20)(H,19,25)(H,21,22);4-7H,1H3,(H,17,18,22);2-6H,1H3,(H,12,13);4-7H,1H3,(H2,12,13);2-6H,12H2,1H3,(H,13,14);1-2H3,(H,7,8)(H,9,10);1-2H,(H2,7,8);1H4. The van der Waals surface area contributed by atoms with Gasteiger partial charge in [-0.2, -0.15) is 48.9 Å². The second kappa shape index (κ2) is 39.2. The van der Waals surface area contributed by atoms with E-state index in [0.717, 1.165) is 97.8 Å². The predicted molar refractivity (Wildman–Crippen MR) is 446 cm³/mol. The average molecular weight is 1750 g/mol. The average Bonchev–Trinajstić information content (AvgIpc) is 1.69. The summed E-state index contributed by atoms with van der Waals surface area (Å²) < 4.78 is 45.7. The molecule has 0 aliphatic carbocycles. The first-order valence-electron chi connectivity index (χ1n) is 34.8. The summed E-state index contributed by atoms with van der Waals surface area (Å²) in [5, 5.41) is 91.7. The number of aromatic amines is 5. The van der Waals surface area contributed by atoms with E-state index in [9.17, 15) is 68.0 Å². The summed E-state index contributed by atoms with van der Waals surface area (Å²) >= 11 is 3.02. The number of H-pyrrole nitrogens is 5. The highest BCUT2D eigenvalue weighted by Crippen LogP contribution is 2.29. The Kier molecular flexibility index (Phi) is 28.6. The van der Waals surface area contributed by atoms with Gasteiger partial charge in [-0.25, -0.2) is 34.7 Å². The molecule has 44 nitrogen and oxygen atoms in total. The number of carboxylic acids is 1. The van der Waals surface area contributed by atoms with E-state index in [0.29, 0.717) is 49.4 Å². The zero-order valence-electron chi connectivity index (χ0n) is 65.0. The van der Waals surface area contributed by atoms with Gasteiger partial charge >= 0.3 is 18.1 Å². The van der Waals surface area contributed by atoms with Crippen LogP contribution >= 0.6 is 15.9 Å². The molecule has 0 bridgehead atoms. The van der Waals surface area contributed by atoms with Crippen LogP contribution < -0.4 is 27.8 Å². The summed E-state index contributed by atoms with van der Waals surface area (Å²) in [5.41, 5.74) is 29.1. The van der Waals surface area contributed by atoms with Crippen LogP contribution in [0.3, 0.4) is 0 Å². The van der Waals surface area contributed by atoms with Crippen LogP contribution in [0.25, 0.3) is 67.3 Å². The lowest BCUT2D eigenvalue weighted by Crippen LogP contribution is -2.30. The van der Waals surface area contributed by atoms with Gasteiger partial charge in [0.25, 0.3) is 28.7 Å². The number of carbonyl (C=O) groups excluding carboxylic acids is 2. The fourth-order valence-corrected chi connectivity index (χ4v) is 10.6. The lowest BCUT2D eigenvalue weighted by molar-refractivity contribution is -0.385. The number of carbonyl (C=O) groups is 3. The smallest absolute Gasteiger partial charge is 0.471 e. The van der Waals surface area contributed by atoms with Crippen LogP contribution in [0.4, 0.5) is 64.7 Å². The molecule has 16 rings (SSSR count). The molecule has 630 valence electrons. The van der Waals surface area contributed by atoms with Gasteiger partial charge in [-0.3, -0.25) is 83.7 Å². The second-order valence-corrected chi connectivity index (χ2v) is 26.4. The molecule has 14 N–H and O–H groups in total. The first-order valence-corrected chi connectivity index (χ1v) is 35.6. The molecule has 0 fully saturated rings. The number of hydrogen-bond acceptors (Lipinski definition) is 27. The van der Waals surface area contributed by atoms with E-state index in [-0.39, 0.29) is 59.0 Å². The number of alkyl halides is 3. The summed E-state index contributed by atoms with van der Waals surface area (Å²) in [6.45, 7) is 7.25. The maximum absolute atomic E-state index is 12.4. The Morgan fingerprint density at radius 2 is 0.870 bits per heavy atom. The van der Waals surface area contributed by atoms with Crippen molar-refractivity contribution in [3.05, 3.63) is 254 Å². The Morgan fingerprint density at radius 1 is 0.480 bits per heavy atom. The number of hydrogen-bond donors (Lipinski definition) is 11. The molecule has 0 aliphatic rings. The van der Waals surface area contributed by atoms with Gasteiger partial charge in [-0.1, -0.05) is 19.3 Å². The van der Waals surface area contributed by atoms with Crippen LogP contribution in [0, 0.1) is 91.8 Å². The minimum absolute atomic E-state index is 0. The fraction of sp³-hybridized carbons (Fsp3) is 0.147. The Bertz CT molecular complexity index is 6760. The van der Waals surface area contributed by atoms with Crippen molar-refractivity contribution in [3.8, 4) is 57.8 Å². The quantitative estimate of drug-likeness (QED) is 0.0325. The molecule has 16 aromatic heterocycles. The number of halogens is 4. The molecule has 0 radical (unpaired) electrons. The van der Waals surface area contributed by atoms with Gasteiger partial charge in [-0.15, -0.1) is 0 Å². The Balaban J connectivity index is 0.000000166. The number of nitrogens with one attached hydrogen (secondary N) is 7. The minimum atomic E-state index is -5.13. The number of aromatic carboxylic acids is 1. The Morgan fingerprint density at radius 3 is 1.28 bits per heavy atom.